The topological polar surface area (TPSA) is 55.1 Å². The summed E-state index contributed by atoms with van der Waals surface area (Å²) in [7, 11) is 0. The summed E-state index contributed by atoms with van der Waals surface area (Å²) in [5, 5.41) is 2.81. The summed E-state index contributed by atoms with van der Waals surface area (Å²) in [5.74, 6) is 0.0104. The monoisotopic (exact) mass is 224 g/mol. The molecule has 1 rings (SSSR count). The number of amides is 1. The van der Waals surface area contributed by atoms with Crippen LogP contribution in [0.4, 0.5) is 11.4 Å². The number of benzene rings is 1. The lowest BCUT2D eigenvalue weighted by Gasteiger charge is -2.12. The van der Waals surface area contributed by atoms with E-state index < -0.39 is 0 Å². The molecule has 0 saturated carbocycles. The zero-order valence-corrected chi connectivity index (χ0v) is 10.0. The van der Waals surface area contributed by atoms with Crippen molar-refractivity contribution in [2.45, 2.75) is 19.1 Å². The van der Waals surface area contributed by atoms with Crippen LogP contribution in [0.25, 0.3) is 0 Å². The molecule has 1 aromatic rings. The number of nitrogen functional groups attached to an aromatic ring is 1. The molecule has 3 nitrogen and oxygen atoms in total. The van der Waals surface area contributed by atoms with Gasteiger partial charge in [0.2, 0.25) is 5.91 Å². The van der Waals surface area contributed by atoms with Crippen LogP contribution >= 0.6 is 11.8 Å². The highest BCUT2D eigenvalue weighted by molar-refractivity contribution is 7.99. The average Bonchev–Trinajstić information content (AvgIpc) is 2.22. The van der Waals surface area contributed by atoms with E-state index in [1.165, 1.54) is 11.8 Å². The van der Waals surface area contributed by atoms with Crippen LogP contribution in [-0.2, 0) is 4.79 Å². The summed E-state index contributed by atoms with van der Waals surface area (Å²) >= 11 is 1.52. The summed E-state index contributed by atoms with van der Waals surface area (Å²) in [6, 6.07) is 5.50. The Hall–Kier alpha value is -1.16. The number of hydrogen-bond donors (Lipinski definition) is 2. The molecule has 0 spiro atoms. The van der Waals surface area contributed by atoms with Gasteiger partial charge in [0, 0.05) is 11.4 Å². The molecule has 0 fully saturated rings. The van der Waals surface area contributed by atoms with Crippen molar-refractivity contribution in [2.75, 3.05) is 17.3 Å². The molecule has 0 aromatic heterocycles. The van der Waals surface area contributed by atoms with Gasteiger partial charge < -0.3 is 11.1 Å². The number of anilines is 2. The Morgan fingerprint density at radius 2 is 2.20 bits per heavy atom. The highest BCUT2D eigenvalue weighted by Crippen LogP contribution is 2.19. The van der Waals surface area contributed by atoms with E-state index in [1.54, 1.807) is 6.07 Å². The maximum atomic E-state index is 11.6. The molecule has 0 heterocycles. The normalized spacial score (nSPS) is 12.2. The Morgan fingerprint density at radius 3 is 2.80 bits per heavy atom. The minimum Gasteiger partial charge on any atom is -0.399 e. The van der Waals surface area contributed by atoms with Crippen molar-refractivity contribution in [1.82, 2.24) is 0 Å². The first-order chi connectivity index (χ1) is 7.04. The smallest absolute Gasteiger partial charge is 0.237 e. The molecule has 1 amide bonds. The molecule has 0 aliphatic rings. The molecule has 0 bridgehead atoms. The minimum absolute atomic E-state index is 0.0104. The van der Waals surface area contributed by atoms with E-state index in [-0.39, 0.29) is 11.2 Å². The number of aryl methyl sites for hydroxylation is 1. The van der Waals surface area contributed by atoms with Crippen molar-refractivity contribution in [2.24, 2.45) is 0 Å². The van der Waals surface area contributed by atoms with Crippen LogP contribution in [0.3, 0.4) is 0 Å². The van der Waals surface area contributed by atoms with Gasteiger partial charge in [0.1, 0.15) is 0 Å². The lowest BCUT2D eigenvalue weighted by molar-refractivity contribution is -0.115. The van der Waals surface area contributed by atoms with Gasteiger partial charge in [-0.1, -0.05) is 6.07 Å². The van der Waals surface area contributed by atoms with Crippen LogP contribution in [0.5, 0.6) is 0 Å². The van der Waals surface area contributed by atoms with Gasteiger partial charge >= 0.3 is 0 Å². The third-order valence-electron chi connectivity index (χ3n) is 2.24. The number of nitrogens with one attached hydrogen (secondary N) is 1. The SMILES string of the molecule is CSC(C)C(=O)Nc1cc(N)ccc1C. The first kappa shape index (κ1) is 11.9. The molecule has 0 radical (unpaired) electrons. The van der Waals surface area contributed by atoms with Crippen molar-refractivity contribution in [3.05, 3.63) is 23.8 Å². The average molecular weight is 224 g/mol. The summed E-state index contributed by atoms with van der Waals surface area (Å²) in [4.78, 5) is 11.6. The highest BCUT2D eigenvalue weighted by Gasteiger charge is 2.12. The van der Waals surface area contributed by atoms with Crippen LogP contribution in [0.2, 0.25) is 0 Å². The largest absolute Gasteiger partial charge is 0.399 e. The predicted octanol–water partition coefficient (Wildman–Crippen LogP) is 2.27. The van der Waals surface area contributed by atoms with Crippen LogP contribution < -0.4 is 11.1 Å². The van der Waals surface area contributed by atoms with E-state index in [9.17, 15) is 4.79 Å². The molecule has 4 heteroatoms. The van der Waals surface area contributed by atoms with Crippen molar-refractivity contribution in [1.29, 1.82) is 0 Å². The molecule has 1 aromatic carbocycles. The number of nitrogens with two attached hydrogens (primary N) is 1. The summed E-state index contributed by atoms with van der Waals surface area (Å²) in [6.45, 7) is 3.82. The summed E-state index contributed by atoms with van der Waals surface area (Å²) < 4.78 is 0. The van der Waals surface area contributed by atoms with Gasteiger partial charge in [-0.3, -0.25) is 4.79 Å². The van der Waals surface area contributed by atoms with Gasteiger partial charge in [0.25, 0.3) is 0 Å². The zero-order valence-electron chi connectivity index (χ0n) is 9.20. The number of thioether (sulfide) groups is 1. The molecule has 15 heavy (non-hydrogen) atoms. The van der Waals surface area contributed by atoms with Gasteiger partial charge in [-0.15, -0.1) is 0 Å². The van der Waals surface area contributed by atoms with Crippen LogP contribution in [0, 0.1) is 6.92 Å². The summed E-state index contributed by atoms with van der Waals surface area (Å²) in [5.41, 5.74) is 8.13. The number of hydrogen-bond acceptors (Lipinski definition) is 3. The van der Waals surface area contributed by atoms with Gasteiger partial charge in [0.15, 0.2) is 0 Å². The van der Waals surface area contributed by atoms with E-state index in [0.717, 1.165) is 11.3 Å². The molecule has 0 saturated heterocycles. The van der Waals surface area contributed by atoms with Gasteiger partial charge in [-0.2, -0.15) is 11.8 Å². The van der Waals surface area contributed by atoms with Crippen molar-refractivity contribution < 1.29 is 4.79 Å². The quantitative estimate of drug-likeness (QED) is 0.774. The fraction of sp³-hybridized carbons (Fsp3) is 0.364. The van der Waals surface area contributed by atoms with Gasteiger partial charge in [-0.05, 0) is 37.8 Å². The van der Waals surface area contributed by atoms with Crippen molar-refractivity contribution in [3.63, 3.8) is 0 Å². The molecular formula is C11H16N2OS. The Bertz CT molecular complexity index is 366. The molecule has 0 aliphatic carbocycles. The zero-order chi connectivity index (χ0) is 11.4. The number of carbonyl (C=O) groups is 1. The standard InChI is InChI=1S/C11H16N2OS/c1-7-4-5-9(12)6-10(7)13-11(14)8(2)15-3/h4-6,8H,12H2,1-3H3,(H,13,14). The molecule has 1 atom stereocenters. The Kier molecular flexibility index (Phi) is 4.03. The van der Waals surface area contributed by atoms with Crippen molar-refractivity contribution >= 4 is 29.0 Å². The maximum absolute atomic E-state index is 11.6. The van der Waals surface area contributed by atoms with Crippen LogP contribution in [0.15, 0.2) is 18.2 Å². The minimum atomic E-state index is -0.0502. The third kappa shape index (κ3) is 3.16. The molecule has 3 N–H and O–H groups in total. The molecule has 0 aliphatic heterocycles. The molecule has 82 valence electrons. The Balaban J connectivity index is 2.80. The van der Waals surface area contributed by atoms with Crippen LogP contribution in [-0.4, -0.2) is 17.4 Å². The predicted molar refractivity (Wildman–Crippen MR) is 67.2 cm³/mol. The van der Waals surface area contributed by atoms with Crippen LogP contribution in [0.1, 0.15) is 12.5 Å². The highest BCUT2D eigenvalue weighted by atomic mass is 32.2. The van der Waals surface area contributed by atoms with E-state index in [4.69, 9.17) is 5.73 Å². The second-order valence-corrected chi connectivity index (χ2v) is 4.62. The Labute approximate surface area is 94.4 Å². The lowest BCUT2D eigenvalue weighted by Crippen LogP contribution is -2.22. The van der Waals surface area contributed by atoms with E-state index in [0.29, 0.717) is 5.69 Å². The Morgan fingerprint density at radius 1 is 1.53 bits per heavy atom. The van der Waals surface area contributed by atoms with Gasteiger partial charge in [-0.25, -0.2) is 0 Å². The fourth-order valence-corrected chi connectivity index (χ4v) is 1.39. The number of rotatable bonds is 3. The molecular weight excluding hydrogens is 208 g/mol. The number of carbonyl (C=O) groups excluding carboxylic acids is 1. The molecule has 1 unspecified atom stereocenters. The maximum Gasteiger partial charge on any atom is 0.237 e. The van der Waals surface area contributed by atoms with E-state index in [2.05, 4.69) is 5.32 Å². The lowest BCUT2D eigenvalue weighted by atomic mass is 10.2. The van der Waals surface area contributed by atoms with E-state index in [1.807, 2.05) is 32.2 Å². The third-order valence-corrected chi connectivity index (χ3v) is 3.16. The summed E-state index contributed by atoms with van der Waals surface area (Å²) in [6.07, 6.45) is 1.91. The second-order valence-electron chi connectivity index (χ2n) is 3.44. The first-order valence-corrected chi connectivity index (χ1v) is 6.03. The fourth-order valence-electron chi connectivity index (χ4n) is 1.12. The van der Waals surface area contributed by atoms with Crippen molar-refractivity contribution in [3.8, 4) is 0 Å². The van der Waals surface area contributed by atoms with Gasteiger partial charge in [0.05, 0.1) is 5.25 Å². The first-order valence-electron chi connectivity index (χ1n) is 4.74. The van der Waals surface area contributed by atoms with E-state index >= 15 is 0 Å². The second kappa shape index (κ2) is 5.07.